The van der Waals surface area contributed by atoms with Gasteiger partial charge in [0.25, 0.3) is 0 Å². The van der Waals surface area contributed by atoms with Crippen LogP contribution in [0.25, 0.3) is 0 Å². The second-order valence-electron chi connectivity index (χ2n) is 6.26. The fourth-order valence-electron chi connectivity index (χ4n) is 3.60. The van der Waals surface area contributed by atoms with Gasteiger partial charge >= 0.3 is 0 Å². The Kier molecular flexibility index (Phi) is 3.30. The van der Waals surface area contributed by atoms with Crippen molar-refractivity contribution >= 4 is 0 Å². The predicted molar refractivity (Wildman–Crippen MR) is 75.6 cm³/mol. The summed E-state index contributed by atoms with van der Waals surface area (Å²) in [5.74, 6) is 0. The van der Waals surface area contributed by atoms with Crippen LogP contribution in [0.3, 0.4) is 0 Å². The van der Waals surface area contributed by atoms with Crippen LogP contribution < -0.4 is 0 Å². The smallest absolute Gasteiger partial charge is 0.0991 e. The third-order valence-corrected chi connectivity index (χ3v) is 4.64. The molecular weight excluding hydrogens is 234 g/mol. The summed E-state index contributed by atoms with van der Waals surface area (Å²) in [4.78, 5) is 5.03. The molecule has 3 rings (SSSR count). The molecule has 2 saturated heterocycles. The molecule has 2 aliphatic rings. The molecule has 100 valence electrons. The summed E-state index contributed by atoms with van der Waals surface area (Å²) in [5.41, 5.74) is 2.63. The summed E-state index contributed by atoms with van der Waals surface area (Å²) in [7, 11) is 2.23. The molecule has 0 aliphatic carbocycles. The quantitative estimate of drug-likeness (QED) is 0.810. The molecule has 2 aliphatic heterocycles. The fraction of sp³-hybridized carbons (Fsp3) is 0.562. The summed E-state index contributed by atoms with van der Waals surface area (Å²) in [6, 6.07) is 10.2. The highest BCUT2D eigenvalue weighted by molar-refractivity contribution is 5.31. The van der Waals surface area contributed by atoms with Gasteiger partial charge in [-0.05, 0) is 56.1 Å². The largest absolute Gasteiger partial charge is 0.306 e. The van der Waals surface area contributed by atoms with Gasteiger partial charge in [-0.15, -0.1) is 0 Å². The Morgan fingerprint density at radius 1 is 1.16 bits per heavy atom. The van der Waals surface area contributed by atoms with Gasteiger partial charge in [0.05, 0.1) is 11.6 Å². The molecule has 1 atom stereocenters. The molecule has 1 unspecified atom stereocenters. The van der Waals surface area contributed by atoms with Gasteiger partial charge in [-0.2, -0.15) is 5.26 Å². The Morgan fingerprint density at radius 3 is 2.53 bits per heavy atom. The summed E-state index contributed by atoms with van der Waals surface area (Å²) >= 11 is 0. The van der Waals surface area contributed by atoms with E-state index in [1.807, 2.05) is 12.1 Å². The lowest BCUT2D eigenvalue weighted by Gasteiger charge is -2.24. The maximum absolute atomic E-state index is 8.81. The van der Waals surface area contributed by atoms with Gasteiger partial charge < -0.3 is 4.90 Å². The van der Waals surface area contributed by atoms with Crippen molar-refractivity contribution in [1.29, 1.82) is 5.26 Å². The van der Waals surface area contributed by atoms with Crippen LogP contribution in [0.1, 0.15) is 24.0 Å². The maximum Gasteiger partial charge on any atom is 0.0991 e. The first-order valence-electron chi connectivity index (χ1n) is 7.09. The van der Waals surface area contributed by atoms with Crippen LogP contribution in [-0.2, 0) is 6.54 Å². The summed E-state index contributed by atoms with van der Waals surface area (Å²) in [6.45, 7) is 5.99. The Bertz CT molecular complexity index is 488. The van der Waals surface area contributed by atoms with E-state index < -0.39 is 0 Å². The van der Waals surface area contributed by atoms with Crippen molar-refractivity contribution in [3.05, 3.63) is 35.4 Å². The van der Waals surface area contributed by atoms with Crippen molar-refractivity contribution in [2.75, 3.05) is 33.2 Å². The van der Waals surface area contributed by atoms with Crippen molar-refractivity contribution < 1.29 is 0 Å². The van der Waals surface area contributed by atoms with E-state index in [1.165, 1.54) is 44.6 Å². The van der Waals surface area contributed by atoms with E-state index in [2.05, 4.69) is 35.0 Å². The van der Waals surface area contributed by atoms with Gasteiger partial charge in [0.2, 0.25) is 0 Å². The Labute approximate surface area is 115 Å². The molecule has 0 radical (unpaired) electrons. The number of likely N-dealkylation sites (tertiary alicyclic amines) is 2. The molecule has 1 spiro atoms. The van der Waals surface area contributed by atoms with Gasteiger partial charge in [0.1, 0.15) is 0 Å². The van der Waals surface area contributed by atoms with E-state index in [4.69, 9.17) is 5.26 Å². The van der Waals surface area contributed by atoms with E-state index in [0.717, 1.165) is 12.1 Å². The SMILES string of the molecule is CN1CCC2(CCN(Cc3ccc(C#N)cc3)C2)C1. The number of rotatable bonds is 2. The standard InChI is InChI=1S/C16H21N3/c1-18-8-6-16(12-18)7-9-19(13-16)11-15-4-2-14(10-17)3-5-15/h2-5H,6-9,11-13H2,1H3. The zero-order valence-electron chi connectivity index (χ0n) is 11.6. The van der Waals surface area contributed by atoms with Crippen molar-refractivity contribution in [1.82, 2.24) is 9.80 Å². The number of nitrogens with zero attached hydrogens (tertiary/aromatic N) is 3. The Balaban J connectivity index is 1.61. The molecule has 1 aromatic rings. The second kappa shape index (κ2) is 4.96. The average Bonchev–Trinajstić information content (AvgIpc) is 2.98. The molecule has 0 amide bonds. The van der Waals surface area contributed by atoms with Crippen LogP contribution in [0.4, 0.5) is 0 Å². The summed E-state index contributed by atoms with van der Waals surface area (Å²) < 4.78 is 0. The third kappa shape index (κ3) is 2.65. The Hall–Kier alpha value is -1.37. The third-order valence-electron chi connectivity index (χ3n) is 4.64. The molecule has 0 aromatic heterocycles. The van der Waals surface area contributed by atoms with Gasteiger partial charge in [-0.3, -0.25) is 4.90 Å². The molecule has 0 bridgehead atoms. The number of hydrogen-bond donors (Lipinski definition) is 0. The van der Waals surface area contributed by atoms with Crippen molar-refractivity contribution in [2.45, 2.75) is 19.4 Å². The van der Waals surface area contributed by atoms with Crippen molar-refractivity contribution in [3.8, 4) is 6.07 Å². The molecule has 19 heavy (non-hydrogen) atoms. The lowest BCUT2D eigenvalue weighted by Crippen LogP contribution is -2.29. The van der Waals surface area contributed by atoms with Gasteiger partial charge in [-0.25, -0.2) is 0 Å². The molecule has 1 aromatic carbocycles. The molecule has 2 fully saturated rings. The monoisotopic (exact) mass is 255 g/mol. The zero-order valence-corrected chi connectivity index (χ0v) is 11.6. The highest BCUT2D eigenvalue weighted by Gasteiger charge is 2.42. The molecular formula is C16H21N3. The van der Waals surface area contributed by atoms with Gasteiger partial charge in [0, 0.05) is 19.6 Å². The molecule has 0 saturated carbocycles. The minimum absolute atomic E-state index is 0.557. The van der Waals surface area contributed by atoms with E-state index in [0.29, 0.717) is 5.41 Å². The lowest BCUT2D eigenvalue weighted by atomic mass is 9.86. The van der Waals surface area contributed by atoms with Crippen LogP contribution in [0.2, 0.25) is 0 Å². The van der Waals surface area contributed by atoms with E-state index in [1.54, 1.807) is 0 Å². The lowest BCUT2D eigenvalue weighted by molar-refractivity contribution is 0.250. The normalized spacial score (nSPS) is 28.0. The first-order valence-corrected chi connectivity index (χ1v) is 7.09. The maximum atomic E-state index is 8.81. The predicted octanol–water partition coefficient (Wildman–Crippen LogP) is 2.09. The van der Waals surface area contributed by atoms with Crippen molar-refractivity contribution in [2.24, 2.45) is 5.41 Å². The number of benzene rings is 1. The van der Waals surface area contributed by atoms with Gasteiger partial charge in [-0.1, -0.05) is 12.1 Å². The van der Waals surface area contributed by atoms with E-state index in [-0.39, 0.29) is 0 Å². The first-order chi connectivity index (χ1) is 9.19. The molecule has 0 N–H and O–H groups in total. The Morgan fingerprint density at radius 2 is 1.89 bits per heavy atom. The zero-order chi connectivity index (χ0) is 13.3. The summed E-state index contributed by atoms with van der Waals surface area (Å²) in [6.07, 6.45) is 2.70. The fourth-order valence-corrected chi connectivity index (χ4v) is 3.60. The second-order valence-corrected chi connectivity index (χ2v) is 6.26. The summed E-state index contributed by atoms with van der Waals surface area (Å²) in [5, 5.41) is 8.81. The first kappa shape index (κ1) is 12.7. The van der Waals surface area contributed by atoms with Crippen LogP contribution in [0.5, 0.6) is 0 Å². The van der Waals surface area contributed by atoms with Crippen molar-refractivity contribution in [3.63, 3.8) is 0 Å². The highest BCUT2D eigenvalue weighted by atomic mass is 15.2. The minimum atomic E-state index is 0.557. The van der Waals surface area contributed by atoms with Crippen LogP contribution in [-0.4, -0.2) is 43.0 Å². The molecule has 2 heterocycles. The van der Waals surface area contributed by atoms with Gasteiger partial charge in [0.15, 0.2) is 0 Å². The van der Waals surface area contributed by atoms with Crippen LogP contribution in [0.15, 0.2) is 24.3 Å². The molecule has 3 nitrogen and oxygen atoms in total. The van der Waals surface area contributed by atoms with E-state index in [9.17, 15) is 0 Å². The minimum Gasteiger partial charge on any atom is -0.306 e. The highest BCUT2D eigenvalue weighted by Crippen LogP contribution is 2.39. The number of hydrogen-bond acceptors (Lipinski definition) is 3. The molecule has 3 heteroatoms. The topological polar surface area (TPSA) is 30.3 Å². The van der Waals surface area contributed by atoms with Crippen LogP contribution >= 0.6 is 0 Å². The number of nitriles is 1. The van der Waals surface area contributed by atoms with E-state index >= 15 is 0 Å². The average molecular weight is 255 g/mol. The van der Waals surface area contributed by atoms with Crippen LogP contribution in [0, 0.1) is 16.7 Å².